The Morgan fingerprint density at radius 3 is 2.80 bits per heavy atom. The third kappa shape index (κ3) is 3.08. The summed E-state index contributed by atoms with van der Waals surface area (Å²) in [6.07, 6.45) is 1.45. The molecule has 1 aromatic rings. The number of rotatable bonds is 3. The zero-order valence-electron chi connectivity index (χ0n) is 11.3. The van der Waals surface area contributed by atoms with Crippen molar-refractivity contribution in [2.24, 2.45) is 5.92 Å². The van der Waals surface area contributed by atoms with E-state index in [1.54, 1.807) is 13.1 Å². The largest absolute Gasteiger partial charge is 0.359 e. The van der Waals surface area contributed by atoms with Crippen molar-refractivity contribution < 1.29 is 13.2 Å². The summed E-state index contributed by atoms with van der Waals surface area (Å²) in [5.74, 6) is -0.346. The number of hydrogen-bond donors (Lipinski definition) is 1. The minimum absolute atomic E-state index is 0.0894. The molecule has 1 aliphatic heterocycles. The summed E-state index contributed by atoms with van der Waals surface area (Å²) in [7, 11) is -1.92. The highest BCUT2D eigenvalue weighted by molar-refractivity contribution is 9.11. The topological polar surface area (TPSA) is 66.5 Å². The number of carbonyl (C=O) groups is 1. The number of nitrogens with zero attached hydrogens (tertiary/aromatic N) is 1. The van der Waals surface area contributed by atoms with E-state index in [0.717, 1.165) is 15.8 Å². The van der Waals surface area contributed by atoms with E-state index in [0.29, 0.717) is 17.2 Å². The molecule has 1 aromatic heterocycles. The fourth-order valence-corrected chi connectivity index (χ4v) is 6.17. The molecule has 1 unspecified atom stereocenters. The zero-order chi connectivity index (χ0) is 14.9. The van der Waals surface area contributed by atoms with Crippen LogP contribution in [0.2, 0.25) is 0 Å². The number of piperidine rings is 1. The Hall–Kier alpha value is -0.440. The Balaban J connectivity index is 2.23. The summed E-state index contributed by atoms with van der Waals surface area (Å²) in [6, 6.07) is 1.67. The van der Waals surface area contributed by atoms with Crippen molar-refractivity contribution in [2.45, 2.75) is 24.0 Å². The molecule has 0 radical (unpaired) electrons. The van der Waals surface area contributed by atoms with Crippen LogP contribution in [-0.2, 0) is 14.8 Å². The van der Waals surface area contributed by atoms with Crippen LogP contribution in [0.4, 0.5) is 0 Å². The molecule has 0 saturated carbocycles. The number of nitrogens with one attached hydrogen (secondary N) is 1. The van der Waals surface area contributed by atoms with Crippen molar-refractivity contribution in [3.8, 4) is 0 Å². The minimum atomic E-state index is -3.50. The second kappa shape index (κ2) is 6.13. The third-order valence-electron chi connectivity index (χ3n) is 3.43. The van der Waals surface area contributed by atoms with Crippen LogP contribution in [0.25, 0.3) is 0 Å². The highest BCUT2D eigenvalue weighted by atomic mass is 79.9. The lowest BCUT2D eigenvalue weighted by molar-refractivity contribution is -0.125. The van der Waals surface area contributed by atoms with Crippen LogP contribution in [0.15, 0.2) is 14.1 Å². The van der Waals surface area contributed by atoms with Crippen LogP contribution in [0, 0.1) is 12.8 Å². The van der Waals surface area contributed by atoms with Gasteiger partial charge in [-0.1, -0.05) is 0 Å². The Bertz CT molecular complexity index is 593. The van der Waals surface area contributed by atoms with E-state index >= 15 is 0 Å². The fourth-order valence-electron chi connectivity index (χ4n) is 2.27. The first kappa shape index (κ1) is 15.9. The van der Waals surface area contributed by atoms with E-state index in [9.17, 15) is 13.2 Å². The van der Waals surface area contributed by atoms with Gasteiger partial charge in [-0.25, -0.2) is 8.42 Å². The van der Waals surface area contributed by atoms with Crippen molar-refractivity contribution >= 4 is 43.2 Å². The van der Waals surface area contributed by atoms with E-state index in [-0.39, 0.29) is 18.4 Å². The van der Waals surface area contributed by atoms with E-state index in [1.807, 2.05) is 6.92 Å². The molecule has 1 amide bonds. The normalized spacial score (nSPS) is 20.9. The highest BCUT2D eigenvalue weighted by Crippen LogP contribution is 2.33. The van der Waals surface area contributed by atoms with Gasteiger partial charge in [0.15, 0.2) is 0 Å². The van der Waals surface area contributed by atoms with Gasteiger partial charge in [0.2, 0.25) is 5.91 Å². The summed E-state index contributed by atoms with van der Waals surface area (Å²) in [5.41, 5.74) is 0.911. The smallest absolute Gasteiger partial charge is 0.252 e. The Kier molecular flexibility index (Phi) is 4.88. The van der Waals surface area contributed by atoms with Gasteiger partial charge >= 0.3 is 0 Å². The average molecular weight is 381 g/mol. The molecule has 1 saturated heterocycles. The number of amides is 1. The molecular weight excluding hydrogens is 364 g/mol. The van der Waals surface area contributed by atoms with Crippen molar-refractivity contribution in [3.05, 3.63) is 15.4 Å². The number of sulfonamides is 1. The van der Waals surface area contributed by atoms with E-state index in [2.05, 4.69) is 21.2 Å². The van der Waals surface area contributed by atoms with Gasteiger partial charge in [0.1, 0.15) is 4.21 Å². The van der Waals surface area contributed by atoms with Crippen LogP contribution < -0.4 is 5.32 Å². The Morgan fingerprint density at radius 2 is 2.25 bits per heavy atom. The van der Waals surface area contributed by atoms with Gasteiger partial charge in [0.25, 0.3) is 10.0 Å². The molecule has 1 N–H and O–H groups in total. The van der Waals surface area contributed by atoms with Crippen molar-refractivity contribution in [2.75, 3.05) is 20.1 Å². The predicted octanol–water partition coefficient (Wildman–Crippen LogP) is 1.97. The maximum atomic E-state index is 12.6. The highest BCUT2D eigenvalue weighted by Gasteiger charge is 2.34. The number of hydrogen-bond acceptors (Lipinski definition) is 4. The summed E-state index contributed by atoms with van der Waals surface area (Å²) in [6.45, 7) is 2.60. The molecule has 112 valence electrons. The molecule has 2 heterocycles. The maximum Gasteiger partial charge on any atom is 0.252 e. The van der Waals surface area contributed by atoms with E-state index in [4.69, 9.17) is 0 Å². The van der Waals surface area contributed by atoms with Crippen molar-refractivity contribution in [3.63, 3.8) is 0 Å². The first-order valence-electron chi connectivity index (χ1n) is 6.34. The molecule has 1 fully saturated rings. The lowest BCUT2D eigenvalue weighted by Crippen LogP contribution is -2.44. The van der Waals surface area contributed by atoms with E-state index < -0.39 is 10.0 Å². The standard InChI is InChI=1S/C12H17BrN2O3S2/c1-8-6-10(19-11(8)13)20(17,18)15-5-3-4-9(7-15)12(16)14-2/h6,9H,3-5,7H2,1-2H3,(H,14,16). The summed E-state index contributed by atoms with van der Waals surface area (Å²) in [4.78, 5) is 11.7. The van der Waals surface area contributed by atoms with Crippen LogP contribution in [0.5, 0.6) is 0 Å². The van der Waals surface area contributed by atoms with Gasteiger partial charge in [-0.15, -0.1) is 11.3 Å². The molecule has 5 nitrogen and oxygen atoms in total. The lowest BCUT2D eigenvalue weighted by atomic mass is 9.99. The second-order valence-electron chi connectivity index (χ2n) is 4.84. The number of thiophene rings is 1. The number of aryl methyl sites for hydroxylation is 1. The molecule has 8 heteroatoms. The van der Waals surface area contributed by atoms with Crippen LogP contribution >= 0.6 is 27.3 Å². The van der Waals surface area contributed by atoms with Gasteiger partial charge in [-0.3, -0.25) is 4.79 Å². The fraction of sp³-hybridized carbons (Fsp3) is 0.583. The van der Waals surface area contributed by atoms with Gasteiger partial charge in [0, 0.05) is 20.1 Å². The summed E-state index contributed by atoms with van der Waals surface area (Å²) < 4.78 is 27.8. The zero-order valence-corrected chi connectivity index (χ0v) is 14.6. The van der Waals surface area contributed by atoms with Crippen molar-refractivity contribution in [1.82, 2.24) is 9.62 Å². The van der Waals surface area contributed by atoms with Crippen LogP contribution in [-0.4, -0.2) is 38.8 Å². The molecule has 0 bridgehead atoms. The maximum absolute atomic E-state index is 12.6. The monoisotopic (exact) mass is 380 g/mol. The minimum Gasteiger partial charge on any atom is -0.359 e. The molecule has 20 heavy (non-hydrogen) atoms. The van der Waals surface area contributed by atoms with Gasteiger partial charge in [-0.2, -0.15) is 4.31 Å². The SMILES string of the molecule is CNC(=O)C1CCCN(S(=O)(=O)c2cc(C)c(Br)s2)C1. The molecular formula is C12H17BrN2O3S2. The lowest BCUT2D eigenvalue weighted by Gasteiger charge is -2.30. The Morgan fingerprint density at radius 1 is 1.55 bits per heavy atom. The van der Waals surface area contributed by atoms with Crippen molar-refractivity contribution in [1.29, 1.82) is 0 Å². The van der Waals surface area contributed by atoms with Gasteiger partial charge < -0.3 is 5.32 Å². The molecule has 1 atom stereocenters. The molecule has 0 aromatic carbocycles. The number of carbonyl (C=O) groups excluding carboxylic acids is 1. The number of halogens is 1. The third-order valence-corrected chi connectivity index (χ3v) is 7.88. The predicted molar refractivity (Wildman–Crippen MR) is 82.3 cm³/mol. The molecule has 0 spiro atoms. The quantitative estimate of drug-likeness (QED) is 0.871. The summed E-state index contributed by atoms with van der Waals surface area (Å²) >= 11 is 4.57. The first-order valence-corrected chi connectivity index (χ1v) is 9.39. The molecule has 2 rings (SSSR count). The van der Waals surface area contributed by atoms with Gasteiger partial charge in [0.05, 0.1) is 9.70 Å². The van der Waals surface area contributed by atoms with Crippen LogP contribution in [0.3, 0.4) is 0 Å². The average Bonchev–Trinajstić information content (AvgIpc) is 2.78. The molecule has 1 aliphatic rings. The molecule has 0 aliphatic carbocycles. The van der Waals surface area contributed by atoms with Gasteiger partial charge in [-0.05, 0) is 47.3 Å². The second-order valence-corrected chi connectivity index (χ2v) is 9.37. The Labute approximate surface area is 131 Å². The summed E-state index contributed by atoms with van der Waals surface area (Å²) in [5, 5.41) is 2.59. The van der Waals surface area contributed by atoms with Crippen LogP contribution in [0.1, 0.15) is 18.4 Å². The first-order chi connectivity index (χ1) is 9.36. The van der Waals surface area contributed by atoms with E-state index in [1.165, 1.54) is 15.6 Å².